The smallest absolute Gasteiger partial charge is 0.358 e. The molecule has 1 aromatic carbocycles. The van der Waals surface area contributed by atoms with Crippen LogP contribution in [0.1, 0.15) is 10.4 Å². The summed E-state index contributed by atoms with van der Waals surface area (Å²) < 4.78 is 1.41. The predicted molar refractivity (Wildman–Crippen MR) is 74.0 cm³/mol. The molecule has 21 heavy (non-hydrogen) atoms. The van der Waals surface area contributed by atoms with Crippen molar-refractivity contribution in [3.63, 3.8) is 0 Å². The maximum Gasteiger partial charge on any atom is 0.463 e. The van der Waals surface area contributed by atoms with Crippen LogP contribution < -0.4 is 0 Å². The molecule has 0 fully saturated rings. The summed E-state index contributed by atoms with van der Waals surface area (Å²) in [6.45, 7) is 0. The van der Waals surface area contributed by atoms with Gasteiger partial charge in [-0.1, -0.05) is 28.1 Å². The molecule has 9 nitrogen and oxygen atoms in total. The molecule has 1 aromatic heterocycles. The third-order valence-corrected chi connectivity index (χ3v) is 3.14. The maximum atomic E-state index is 12.0. The zero-order valence-corrected chi connectivity index (χ0v) is 11.9. The van der Waals surface area contributed by atoms with Crippen molar-refractivity contribution in [2.45, 2.75) is 6.42 Å². The normalized spacial score (nSPS) is 10.3. The molecule has 0 saturated heterocycles. The highest BCUT2D eigenvalue weighted by molar-refractivity contribution is 9.10. The summed E-state index contributed by atoms with van der Waals surface area (Å²) in [6, 6.07) is 6.76. The number of hydrogen-bond acceptors (Lipinski definition) is 6. The van der Waals surface area contributed by atoms with E-state index < -0.39 is 27.4 Å². The molecule has 10 heteroatoms. The lowest BCUT2D eigenvalue weighted by Gasteiger charge is -2.00. The van der Waals surface area contributed by atoms with Gasteiger partial charge in [-0.25, -0.2) is 4.79 Å². The molecule has 0 N–H and O–H groups in total. The minimum Gasteiger partial charge on any atom is -0.358 e. The van der Waals surface area contributed by atoms with Crippen LogP contribution in [0, 0.1) is 20.2 Å². The largest absolute Gasteiger partial charge is 0.463 e. The van der Waals surface area contributed by atoms with Crippen LogP contribution in [-0.2, 0) is 6.42 Å². The highest BCUT2D eigenvalue weighted by Gasteiger charge is 2.35. The van der Waals surface area contributed by atoms with E-state index in [2.05, 4.69) is 20.9 Å². The lowest BCUT2D eigenvalue weighted by molar-refractivity contribution is -0.428. The van der Waals surface area contributed by atoms with Gasteiger partial charge >= 0.3 is 23.9 Å². The third kappa shape index (κ3) is 3.11. The number of carbonyl (C=O) groups is 1. The average molecular weight is 355 g/mol. The minimum absolute atomic E-state index is 0.137. The lowest BCUT2D eigenvalue weighted by atomic mass is 10.1. The van der Waals surface area contributed by atoms with Crippen molar-refractivity contribution < 1.29 is 14.6 Å². The Kier molecular flexibility index (Phi) is 4.08. The molecule has 0 aliphatic heterocycles. The van der Waals surface area contributed by atoms with E-state index >= 15 is 0 Å². The number of nitrogens with zero attached hydrogens (tertiary/aromatic N) is 4. The number of imidazole rings is 1. The SMILES string of the molecule is O=C(Cc1ccc(Br)cc1)n1cnc([N+](=O)[O-])c1[N+](=O)[O-]. The summed E-state index contributed by atoms with van der Waals surface area (Å²) in [7, 11) is 0. The van der Waals surface area contributed by atoms with Crippen molar-refractivity contribution >= 4 is 33.5 Å². The molecule has 0 spiro atoms. The second-order valence-corrected chi connectivity index (χ2v) is 4.89. The quantitative estimate of drug-likeness (QED) is 0.613. The first kappa shape index (κ1) is 14.8. The Morgan fingerprint density at radius 2 is 1.81 bits per heavy atom. The summed E-state index contributed by atoms with van der Waals surface area (Å²) in [5, 5.41) is 21.6. The number of rotatable bonds is 4. The van der Waals surface area contributed by atoms with E-state index in [1.807, 2.05) is 0 Å². The van der Waals surface area contributed by atoms with Gasteiger partial charge in [-0.15, -0.1) is 4.57 Å². The number of benzene rings is 1. The Morgan fingerprint density at radius 1 is 1.19 bits per heavy atom. The Bertz CT molecular complexity index is 725. The third-order valence-electron chi connectivity index (χ3n) is 2.61. The van der Waals surface area contributed by atoms with Crippen molar-refractivity contribution in [1.82, 2.24) is 9.55 Å². The van der Waals surface area contributed by atoms with Crippen molar-refractivity contribution in [2.24, 2.45) is 0 Å². The first-order valence-electron chi connectivity index (χ1n) is 5.54. The van der Waals surface area contributed by atoms with Crippen LogP contribution in [0.5, 0.6) is 0 Å². The molecule has 0 saturated carbocycles. The molecule has 0 aliphatic rings. The zero-order valence-electron chi connectivity index (χ0n) is 10.3. The molecule has 0 unspecified atom stereocenters. The number of carbonyl (C=O) groups excluding carboxylic acids is 1. The molecule has 0 amide bonds. The number of aromatic nitrogens is 2. The van der Waals surface area contributed by atoms with E-state index in [-0.39, 0.29) is 6.42 Å². The van der Waals surface area contributed by atoms with E-state index in [1.165, 1.54) is 0 Å². The average Bonchev–Trinajstić information content (AvgIpc) is 2.86. The summed E-state index contributed by atoms with van der Waals surface area (Å²) in [5.74, 6) is -2.57. The van der Waals surface area contributed by atoms with E-state index in [0.717, 1.165) is 10.8 Å². The highest BCUT2D eigenvalue weighted by Crippen LogP contribution is 2.25. The summed E-state index contributed by atoms with van der Waals surface area (Å²) >= 11 is 3.24. The first-order valence-corrected chi connectivity index (χ1v) is 6.33. The van der Waals surface area contributed by atoms with Gasteiger partial charge in [0.05, 0.1) is 6.42 Å². The summed E-state index contributed by atoms with van der Waals surface area (Å²) in [6.07, 6.45) is 0.652. The molecule has 2 rings (SSSR count). The van der Waals surface area contributed by atoms with Crippen LogP contribution in [0.4, 0.5) is 11.6 Å². The molecular formula is C11H7BrN4O5. The van der Waals surface area contributed by atoms with E-state index in [9.17, 15) is 25.0 Å². The van der Waals surface area contributed by atoms with Gasteiger partial charge in [0.15, 0.2) is 0 Å². The number of nitro groups is 2. The van der Waals surface area contributed by atoms with Gasteiger partial charge in [-0.3, -0.25) is 0 Å². The van der Waals surface area contributed by atoms with Gasteiger partial charge in [0.1, 0.15) is 0 Å². The van der Waals surface area contributed by atoms with Crippen molar-refractivity contribution in [3.8, 4) is 0 Å². The van der Waals surface area contributed by atoms with Crippen LogP contribution in [0.25, 0.3) is 0 Å². The minimum atomic E-state index is -0.998. The van der Waals surface area contributed by atoms with Crippen molar-refractivity contribution in [1.29, 1.82) is 0 Å². The second-order valence-electron chi connectivity index (χ2n) is 3.97. The maximum absolute atomic E-state index is 12.0. The molecule has 108 valence electrons. The summed E-state index contributed by atoms with van der Waals surface area (Å²) in [5.41, 5.74) is 0.619. The van der Waals surface area contributed by atoms with Crippen LogP contribution in [0.15, 0.2) is 35.1 Å². The molecule has 0 bridgehead atoms. The van der Waals surface area contributed by atoms with Gasteiger partial charge < -0.3 is 20.2 Å². The van der Waals surface area contributed by atoms with Crippen LogP contribution in [0.2, 0.25) is 0 Å². The van der Waals surface area contributed by atoms with Gasteiger partial charge in [-0.05, 0) is 27.5 Å². The lowest BCUT2D eigenvalue weighted by Crippen LogP contribution is -2.15. The topological polar surface area (TPSA) is 121 Å². The Morgan fingerprint density at radius 3 is 2.33 bits per heavy atom. The fourth-order valence-corrected chi connectivity index (χ4v) is 1.94. The van der Waals surface area contributed by atoms with Crippen molar-refractivity contribution in [2.75, 3.05) is 0 Å². The first-order chi connectivity index (χ1) is 9.90. The van der Waals surface area contributed by atoms with Crippen LogP contribution in [0.3, 0.4) is 0 Å². The molecule has 0 aliphatic carbocycles. The van der Waals surface area contributed by atoms with Crippen LogP contribution >= 0.6 is 15.9 Å². The van der Waals surface area contributed by atoms with Gasteiger partial charge in [0.2, 0.25) is 0 Å². The molecule has 1 heterocycles. The molecule has 0 atom stereocenters. The Labute approximate surface area is 125 Å². The number of halogens is 1. The molecule has 2 aromatic rings. The molecule has 0 radical (unpaired) electrons. The van der Waals surface area contributed by atoms with Crippen LogP contribution in [-0.4, -0.2) is 25.3 Å². The van der Waals surface area contributed by atoms with Gasteiger partial charge in [-0.2, -0.15) is 0 Å². The predicted octanol–water partition coefficient (Wildman–Crippen LogP) is 2.34. The number of hydrogen-bond donors (Lipinski definition) is 0. The Hall–Kier alpha value is -2.62. The van der Waals surface area contributed by atoms with Gasteiger partial charge in [0.25, 0.3) is 0 Å². The van der Waals surface area contributed by atoms with E-state index in [4.69, 9.17) is 0 Å². The fraction of sp³-hybridized carbons (Fsp3) is 0.0909. The van der Waals surface area contributed by atoms with Crippen molar-refractivity contribution in [3.05, 3.63) is 60.9 Å². The Balaban J connectivity index is 2.33. The highest BCUT2D eigenvalue weighted by atomic mass is 79.9. The van der Waals surface area contributed by atoms with Gasteiger partial charge in [0, 0.05) is 9.46 Å². The summed E-state index contributed by atoms with van der Waals surface area (Å²) in [4.78, 5) is 34.9. The zero-order chi connectivity index (χ0) is 15.6. The fourth-order valence-electron chi connectivity index (χ4n) is 1.68. The monoisotopic (exact) mass is 354 g/mol. The van der Waals surface area contributed by atoms with E-state index in [0.29, 0.717) is 10.1 Å². The standard InChI is InChI=1S/C11H7BrN4O5/c12-8-3-1-7(2-4-8)5-9(17)14-6-13-10(15(18)19)11(14)16(20)21/h1-4,6H,5H2. The molecular weight excluding hydrogens is 348 g/mol. The van der Waals surface area contributed by atoms with E-state index in [1.54, 1.807) is 24.3 Å². The second kappa shape index (κ2) is 5.79.